The van der Waals surface area contributed by atoms with E-state index in [1.165, 1.54) is 0 Å². The Morgan fingerprint density at radius 2 is 2.32 bits per heavy atom. The zero-order chi connectivity index (χ0) is 13.8. The van der Waals surface area contributed by atoms with Crippen molar-refractivity contribution in [1.29, 1.82) is 0 Å². The van der Waals surface area contributed by atoms with E-state index >= 15 is 0 Å². The van der Waals surface area contributed by atoms with Crippen molar-refractivity contribution in [2.75, 3.05) is 13.7 Å². The van der Waals surface area contributed by atoms with Gasteiger partial charge >= 0.3 is 0 Å². The lowest BCUT2D eigenvalue weighted by atomic mass is 10.0. The van der Waals surface area contributed by atoms with Crippen LogP contribution in [0.3, 0.4) is 0 Å². The van der Waals surface area contributed by atoms with Gasteiger partial charge in [-0.05, 0) is 43.9 Å². The lowest BCUT2D eigenvalue weighted by Crippen LogP contribution is -2.10. The van der Waals surface area contributed by atoms with Gasteiger partial charge < -0.3 is 9.47 Å². The summed E-state index contributed by atoms with van der Waals surface area (Å²) >= 11 is 3.46. The number of carbonyl (C=O) groups is 1. The highest BCUT2D eigenvalue weighted by Gasteiger charge is 2.19. The molecule has 1 unspecified atom stereocenters. The molecule has 0 spiro atoms. The number of ether oxygens (including phenoxy) is 2. The predicted molar refractivity (Wildman–Crippen MR) is 78.0 cm³/mol. The van der Waals surface area contributed by atoms with Crippen molar-refractivity contribution in [3.8, 4) is 5.75 Å². The molecule has 0 saturated carbocycles. The summed E-state index contributed by atoms with van der Waals surface area (Å²) in [5.74, 6) is 0.770. The molecule has 1 fully saturated rings. The van der Waals surface area contributed by atoms with Crippen molar-refractivity contribution in [2.24, 2.45) is 0 Å². The summed E-state index contributed by atoms with van der Waals surface area (Å²) in [4.78, 5) is 12.3. The molecule has 1 aromatic carbocycles. The summed E-state index contributed by atoms with van der Waals surface area (Å²) in [6, 6.07) is 3.75. The summed E-state index contributed by atoms with van der Waals surface area (Å²) in [5, 5.41) is 0. The fourth-order valence-electron chi connectivity index (χ4n) is 2.34. The maximum atomic E-state index is 12.3. The Morgan fingerprint density at radius 3 is 2.95 bits per heavy atom. The first-order valence-corrected chi connectivity index (χ1v) is 7.40. The number of aryl methyl sites for hydroxylation is 1. The van der Waals surface area contributed by atoms with E-state index in [9.17, 15) is 4.79 Å². The van der Waals surface area contributed by atoms with E-state index in [2.05, 4.69) is 15.9 Å². The minimum Gasteiger partial charge on any atom is -0.496 e. The van der Waals surface area contributed by atoms with Gasteiger partial charge in [0.15, 0.2) is 5.78 Å². The number of Topliss-reactive ketones (excluding diaryl/α,β-unsaturated/α-hetero) is 1. The van der Waals surface area contributed by atoms with E-state index in [-0.39, 0.29) is 11.9 Å². The van der Waals surface area contributed by atoms with Gasteiger partial charge in [-0.15, -0.1) is 0 Å². The second-order valence-electron chi connectivity index (χ2n) is 4.90. The van der Waals surface area contributed by atoms with E-state index in [1.54, 1.807) is 7.11 Å². The van der Waals surface area contributed by atoms with Crippen molar-refractivity contribution in [2.45, 2.75) is 38.7 Å². The summed E-state index contributed by atoms with van der Waals surface area (Å²) < 4.78 is 11.8. The molecule has 1 aliphatic heterocycles. The third-order valence-electron chi connectivity index (χ3n) is 3.50. The van der Waals surface area contributed by atoms with Gasteiger partial charge in [0.2, 0.25) is 0 Å². The standard InChI is InChI=1S/C15H19BrO3/c1-10-8-15(18-2)12(9-13(10)16)14(17)6-5-11-4-3-7-19-11/h8-9,11H,3-7H2,1-2H3. The summed E-state index contributed by atoms with van der Waals surface area (Å²) in [7, 11) is 1.60. The highest BCUT2D eigenvalue weighted by atomic mass is 79.9. The van der Waals surface area contributed by atoms with E-state index < -0.39 is 0 Å². The Balaban J connectivity index is 2.07. The molecule has 1 atom stereocenters. The maximum absolute atomic E-state index is 12.3. The first-order chi connectivity index (χ1) is 9.11. The van der Waals surface area contributed by atoms with Crippen molar-refractivity contribution < 1.29 is 14.3 Å². The molecule has 104 valence electrons. The number of carbonyl (C=O) groups excluding carboxylic acids is 1. The fourth-order valence-corrected chi connectivity index (χ4v) is 2.68. The van der Waals surface area contributed by atoms with E-state index in [1.807, 2.05) is 19.1 Å². The number of benzene rings is 1. The molecular formula is C15H19BrO3. The molecule has 1 aromatic rings. The van der Waals surface area contributed by atoms with Gasteiger partial charge in [-0.3, -0.25) is 4.79 Å². The molecule has 3 nitrogen and oxygen atoms in total. The zero-order valence-electron chi connectivity index (χ0n) is 11.4. The van der Waals surface area contributed by atoms with Crippen LogP contribution in [0.15, 0.2) is 16.6 Å². The fraction of sp³-hybridized carbons (Fsp3) is 0.533. The summed E-state index contributed by atoms with van der Waals surface area (Å²) in [6.07, 6.45) is 3.74. The molecule has 1 heterocycles. The van der Waals surface area contributed by atoms with Crippen LogP contribution in [-0.2, 0) is 4.74 Å². The Kier molecular flexibility index (Phi) is 4.99. The Bertz CT molecular complexity index is 465. The van der Waals surface area contributed by atoms with Crippen LogP contribution in [0.4, 0.5) is 0 Å². The number of halogens is 1. The molecule has 0 aliphatic carbocycles. The average Bonchev–Trinajstić information content (AvgIpc) is 2.91. The molecular weight excluding hydrogens is 308 g/mol. The van der Waals surface area contributed by atoms with Crippen molar-refractivity contribution >= 4 is 21.7 Å². The lowest BCUT2D eigenvalue weighted by Gasteiger charge is -2.12. The van der Waals surface area contributed by atoms with E-state index in [0.29, 0.717) is 17.7 Å². The monoisotopic (exact) mass is 326 g/mol. The lowest BCUT2D eigenvalue weighted by molar-refractivity contribution is 0.0857. The largest absolute Gasteiger partial charge is 0.496 e. The highest BCUT2D eigenvalue weighted by Crippen LogP contribution is 2.28. The van der Waals surface area contributed by atoms with Gasteiger partial charge in [-0.2, -0.15) is 0 Å². The molecule has 4 heteroatoms. The first kappa shape index (κ1) is 14.5. The molecule has 1 aliphatic rings. The van der Waals surface area contributed by atoms with Crippen LogP contribution in [0.2, 0.25) is 0 Å². The van der Waals surface area contributed by atoms with Gasteiger partial charge in [-0.25, -0.2) is 0 Å². The average molecular weight is 327 g/mol. The van der Waals surface area contributed by atoms with Crippen LogP contribution >= 0.6 is 15.9 Å². The van der Waals surface area contributed by atoms with Gasteiger partial charge in [0.1, 0.15) is 5.75 Å². The maximum Gasteiger partial charge on any atom is 0.166 e. The minimum absolute atomic E-state index is 0.119. The van der Waals surface area contributed by atoms with Gasteiger partial charge in [0, 0.05) is 17.5 Å². The van der Waals surface area contributed by atoms with Crippen molar-refractivity contribution in [3.05, 3.63) is 27.7 Å². The summed E-state index contributed by atoms with van der Waals surface area (Å²) in [6.45, 7) is 2.81. The van der Waals surface area contributed by atoms with Crippen LogP contribution in [0.1, 0.15) is 41.6 Å². The number of rotatable bonds is 5. The minimum atomic E-state index is 0.119. The number of ketones is 1. The van der Waals surface area contributed by atoms with Crippen LogP contribution in [0.25, 0.3) is 0 Å². The number of methoxy groups -OCH3 is 1. The van der Waals surface area contributed by atoms with E-state index in [4.69, 9.17) is 9.47 Å². The zero-order valence-corrected chi connectivity index (χ0v) is 13.0. The Morgan fingerprint density at radius 1 is 1.53 bits per heavy atom. The Hall–Kier alpha value is -0.870. The molecule has 0 N–H and O–H groups in total. The van der Waals surface area contributed by atoms with Crippen LogP contribution < -0.4 is 4.74 Å². The van der Waals surface area contributed by atoms with Crippen LogP contribution in [0.5, 0.6) is 5.75 Å². The van der Waals surface area contributed by atoms with Crippen molar-refractivity contribution in [1.82, 2.24) is 0 Å². The normalized spacial score (nSPS) is 18.6. The predicted octanol–water partition coefficient (Wildman–Crippen LogP) is 3.91. The second kappa shape index (κ2) is 6.53. The van der Waals surface area contributed by atoms with Gasteiger partial charge in [0.05, 0.1) is 18.8 Å². The number of hydrogen-bond donors (Lipinski definition) is 0. The molecule has 0 amide bonds. The van der Waals surface area contributed by atoms with Crippen LogP contribution in [0, 0.1) is 6.92 Å². The Labute approximate surface area is 122 Å². The highest BCUT2D eigenvalue weighted by molar-refractivity contribution is 9.10. The summed E-state index contributed by atoms with van der Waals surface area (Å²) in [5.41, 5.74) is 1.71. The molecule has 0 radical (unpaired) electrons. The van der Waals surface area contributed by atoms with Gasteiger partial charge in [0.25, 0.3) is 0 Å². The smallest absolute Gasteiger partial charge is 0.166 e. The third-order valence-corrected chi connectivity index (χ3v) is 4.35. The molecule has 1 saturated heterocycles. The molecule has 0 aromatic heterocycles. The quantitative estimate of drug-likeness (QED) is 0.769. The van der Waals surface area contributed by atoms with E-state index in [0.717, 1.165) is 35.9 Å². The number of hydrogen-bond acceptors (Lipinski definition) is 3. The van der Waals surface area contributed by atoms with Gasteiger partial charge in [-0.1, -0.05) is 15.9 Å². The third kappa shape index (κ3) is 3.57. The SMILES string of the molecule is COc1cc(C)c(Br)cc1C(=O)CCC1CCCO1. The molecule has 19 heavy (non-hydrogen) atoms. The van der Waals surface area contributed by atoms with Crippen molar-refractivity contribution in [3.63, 3.8) is 0 Å². The topological polar surface area (TPSA) is 35.5 Å². The first-order valence-electron chi connectivity index (χ1n) is 6.60. The van der Waals surface area contributed by atoms with Crippen LogP contribution in [-0.4, -0.2) is 25.6 Å². The molecule has 0 bridgehead atoms. The molecule has 2 rings (SSSR count). The second-order valence-corrected chi connectivity index (χ2v) is 5.75.